The van der Waals surface area contributed by atoms with Gasteiger partial charge in [-0.3, -0.25) is 4.90 Å². The van der Waals surface area contributed by atoms with E-state index in [1.807, 2.05) is 0 Å². The van der Waals surface area contributed by atoms with E-state index in [9.17, 15) is 0 Å². The number of aryl methyl sites for hydroxylation is 1. The van der Waals surface area contributed by atoms with Gasteiger partial charge in [-0.05, 0) is 69.2 Å². The van der Waals surface area contributed by atoms with Gasteiger partial charge in [0.15, 0.2) is 0 Å². The summed E-state index contributed by atoms with van der Waals surface area (Å²) < 4.78 is 0. The Kier molecular flexibility index (Phi) is 4.00. The van der Waals surface area contributed by atoms with E-state index in [-0.39, 0.29) is 0 Å². The molecule has 3 atom stereocenters. The zero-order valence-corrected chi connectivity index (χ0v) is 13.1. The summed E-state index contributed by atoms with van der Waals surface area (Å²) >= 11 is 0. The summed E-state index contributed by atoms with van der Waals surface area (Å²) in [6, 6.07) is 11.5. The Bertz CT molecular complexity index is 478. The maximum atomic E-state index is 3.77. The smallest absolute Gasteiger partial charge is 0.0354 e. The van der Waals surface area contributed by atoms with Crippen molar-refractivity contribution in [3.8, 4) is 0 Å². The Morgan fingerprint density at radius 2 is 1.90 bits per heavy atom. The Balaban J connectivity index is 1.62. The summed E-state index contributed by atoms with van der Waals surface area (Å²) in [5, 5.41) is 3.77. The van der Waals surface area contributed by atoms with E-state index in [0.29, 0.717) is 6.04 Å². The van der Waals surface area contributed by atoms with Crippen molar-refractivity contribution in [2.24, 2.45) is 0 Å². The maximum absolute atomic E-state index is 3.77. The Morgan fingerprint density at radius 1 is 0.952 bits per heavy atom. The lowest BCUT2D eigenvalue weighted by Crippen LogP contribution is -2.45. The first kappa shape index (κ1) is 13.8. The van der Waals surface area contributed by atoms with Crippen LogP contribution in [0.4, 0.5) is 0 Å². The summed E-state index contributed by atoms with van der Waals surface area (Å²) in [5.41, 5.74) is 3.25. The molecule has 2 fully saturated rings. The van der Waals surface area contributed by atoms with Crippen molar-refractivity contribution in [3.63, 3.8) is 0 Å². The number of rotatable bonds is 2. The van der Waals surface area contributed by atoms with Crippen LogP contribution >= 0.6 is 0 Å². The van der Waals surface area contributed by atoms with Crippen molar-refractivity contribution in [2.45, 2.75) is 69.5 Å². The number of benzene rings is 1. The quantitative estimate of drug-likeness (QED) is 0.834. The maximum Gasteiger partial charge on any atom is 0.0354 e. The molecule has 4 rings (SSSR count). The predicted octanol–water partition coefficient (Wildman–Crippen LogP) is 3.67. The van der Waals surface area contributed by atoms with Gasteiger partial charge in [0.1, 0.15) is 0 Å². The van der Waals surface area contributed by atoms with Gasteiger partial charge in [0.25, 0.3) is 0 Å². The second-order valence-electron chi connectivity index (χ2n) is 7.11. The van der Waals surface area contributed by atoms with Crippen LogP contribution < -0.4 is 5.32 Å². The average molecular weight is 284 g/mol. The van der Waals surface area contributed by atoms with Gasteiger partial charge in [0.05, 0.1) is 0 Å². The highest BCUT2D eigenvalue weighted by molar-refractivity contribution is 5.31. The van der Waals surface area contributed by atoms with Crippen LogP contribution in [-0.4, -0.2) is 30.1 Å². The minimum Gasteiger partial charge on any atom is -0.312 e. The molecule has 0 bridgehead atoms. The average Bonchev–Trinajstić information content (AvgIpc) is 3.15. The molecular weight excluding hydrogens is 256 g/mol. The third-order valence-corrected chi connectivity index (χ3v) is 5.89. The summed E-state index contributed by atoms with van der Waals surface area (Å²) in [6.45, 7) is 2.54. The molecule has 2 nitrogen and oxygen atoms in total. The van der Waals surface area contributed by atoms with Crippen LogP contribution in [0, 0.1) is 0 Å². The first-order valence-electron chi connectivity index (χ1n) is 9.00. The van der Waals surface area contributed by atoms with E-state index in [2.05, 4.69) is 34.5 Å². The molecule has 114 valence electrons. The van der Waals surface area contributed by atoms with E-state index >= 15 is 0 Å². The number of likely N-dealkylation sites (tertiary alicyclic amines) is 1. The lowest BCUT2D eigenvalue weighted by atomic mass is 9.95. The molecule has 2 heteroatoms. The molecule has 1 aromatic rings. The zero-order valence-electron chi connectivity index (χ0n) is 13.1. The Morgan fingerprint density at radius 3 is 2.81 bits per heavy atom. The molecular formula is C19H28N2. The van der Waals surface area contributed by atoms with Gasteiger partial charge < -0.3 is 5.32 Å². The number of nitrogens with one attached hydrogen (secondary N) is 1. The fourth-order valence-corrected chi connectivity index (χ4v) is 4.91. The minimum absolute atomic E-state index is 0.679. The molecule has 0 spiro atoms. The molecule has 2 aliphatic heterocycles. The van der Waals surface area contributed by atoms with Gasteiger partial charge in [0.2, 0.25) is 0 Å². The summed E-state index contributed by atoms with van der Waals surface area (Å²) in [5.74, 6) is 0. The third-order valence-electron chi connectivity index (χ3n) is 5.89. The number of hydrogen-bond acceptors (Lipinski definition) is 2. The standard InChI is InChI=1S/C19H28N2/c1-3-9-16-15(7-1)8-2-4-11-18(16)21-14-6-12-19(21)17-10-5-13-20-17/h1,3,7,9,17-20H,2,4-6,8,10-14H2. The van der Waals surface area contributed by atoms with Crippen molar-refractivity contribution >= 4 is 0 Å². The van der Waals surface area contributed by atoms with E-state index in [4.69, 9.17) is 0 Å². The van der Waals surface area contributed by atoms with Gasteiger partial charge in [0, 0.05) is 18.1 Å². The van der Waals surface area contributed by atoms with Gasteiger partial charge in [-0.2, -0.15) is 0 Å². The van der Waals surface area contributed by atoms with Crippen LogP contribution in [0.1, 0.15) is 62.1 Å². The van der Waals surface area contributed by atoms with E-state index < -0.39 is 0 Å². The molecule has 3 unspecified atom stereocenters. The molecule has 1 aliphatic carbocycles. The van der Waals surface area contributed by atoms with Gasteiger partial charge >= 0.3 is 0 Å². The van der Waals surface area contributed by atoms with Crippen LogP contribution in [0.25, 0.3) is 0 Å². The molecule has 0 aromatic heterocycles. The van der Waals surface area contributed by atoms with Crippen LogP contribution in [0.3, 0.4) is 0 Å². The lowest BCUT2D eigenvalue weighted by Gasteiger charge is -2.36. The van der Waals surface area contributed by atoms with Crippen molar-refractivity contribution in [3.05, 3.63) is 35.4 Å². The minimum atomic E-state index is 0.679. The van der Waals surface area contributed by atoms with Crippen molar-refractivity contribution < 1.29 is 0 Å². The van der Waals surface area contributed by atoms with Crippen LogP contribution in [-0.2, 0) is 6.42 Å². The largest absolute Gasteiger partial charge is 0.312 e. The van der Waals surface area contributed by atoms with Gasteiger partial charge in [-0.15, -0.1) is 0 Å². The molecule has 1 aromatic carbocycles. The lowest BCUT2D eigenvalue weighted by molar-refractivity contribution is 0.144. The normalized spacial score (nSPS) is 33.8. The Hall–Kier alpha value is -0.860. The van der Waals surface area contributed by atoms with Gasteiger partial charge in [-0.1, -0.05) is 30.7 Å². The Labute approximate surface area is 128 Å². The van der Waals surface area contributed by atoms with Crippen LogP contribution in [0.5, 0.6) is 0 Å². The summed E-state index contributed by atoms with van der Waals surface area (Å²) in [7, 11) is 0. The first-order chi connectivity index (χ1) is 10.4. The molecule has 21 heavy (non-hydrogen) atoms. The summed E-state index contributed by atoms with van der Waals surface area (Å²) in [6.07, 6.45) is 10.9. The molecule has 1 N–H and O–H groups in total. The molecule has 0 radical (unpaired) electrons. The highest BCUT2D eigenvalue weighted by Crippen LogP contribution is 2.39. The highest BCUT2D eigenvalue weighted by atomic mass is 15.2. The first-order valence-corrected chi connectivity index (χ1v) is 9.00. The number of hydrogen-bond donors (Lipinski definition) is 1. The van der Waals surface area contributed by atoms with E-state index in [0.717, 1.165) is 12.1 Å². The highest BCUT2D eigenvalue weighted by Gasteiger charge is 2.38. The van der Waals surface area contributed by atoms with Crippen molar-refractivity contribution in [2.75, 3.05) is 13.1 Å². The van der Waals surface area contributed by atoms with E-state index in [1.54, 1.807) is 11.1 Å². The molecule has 2 heterocycles. The van der Waals surface area contributed by atoms with Crippen LogP contribution in [0.2, 0.25) is 0 Å². The topological polar surface area (TPSA) is 15.3 Å². The number of nitrogens with zero attached hydrogens (tertiary/aromatic N) is 1. The predicted molar refractivity (Wildman–Crippen MR) is 87.5 cm³/mol. The number of fused-ring (bicyclic) bond motifs is 1. The van der Waals surface area contributed by atoms with Crippen molar-refractivity contribution in [1.29, 1.82) is 0 Å². The SMILES string of the molecule is c1ccc2c(c1)CCCCC2N1CCCC1C1CCCN1. The van der Waals surface area contributed by atoms with E-state index in [1.165, 1.54) is 64.5 Å². The molecule has 2 saturated heterocycles. The molecule has 3 aliphatic rings. The van der Waals surface area contributed by atoms with Gasteiger partial charge in [-0.25, -0.2) is 0 Å². The van der Waals surface area contributed by atoms with Crippen molar-refractivity contribution in [1.82, 2.24) is 10.2 Å². The molecule has 0 amide bonds. The zero-order chi connectivity index (χ0) is 14.1. The second kappa shape index (κ2) is 6.10. The second-order valence-corrected chi connectivity index (χ2v) is 7.11. The van der Waals surface area contributed by atoms with Crippen LogP contribution in [0.15, 0.2) is 24.3 Å². The fourth-order valence-electron chi connectivity index (χ4n) is 4.91. The monoisotopic (exact) mass is 284 g/mol. The third kappa shape index (κ3) is 2.64. The summed E-state index contributed by atoms with van der Waals surface area (Å²) in [4.78, 5) is 2.87. The fraction of sp³-hybridized carbons (Fsp3) is 0.684. The molecule has 0 saturated carbocycles.